The summed E-state index contributed by atoms with van der Waals surface area (Å²) in [5.74, 6) is -2.62. The van der Waals surface area contributed by atoms with Crippen LogP contribution < -0.4 is 10.2 Å². The van der Waals surface area contributed by atoms with E-state index >= 15 is 0 Å². The Hall–Kier alpha value is -4.25. The lowest BCUT2D eigenvalue weighted by Crippen LogP contribution is -2.32. The molecule has 1 N–H and O–H groups in total. The second-order valence-electron chi connectivity index (χ2n) is 7.84. The molecule has 7 nitrogen and oxygen atoms in total. The maximum absolute atomic E-state index is 13.7. The van der Waals surface area contributed by atoms with Crippen molar-refractivity contribution in [1.82, 2.24) is 4.57 Å². The summed E-state index contributed by atoms with van der Waals surface area (Å²) >= 11 is 0. The normalized spacial score (nSPS) is 14.3. The molecule has 8 heteroatoms. The first-order valence-electron chi connectivity index (χ1n) is 10.1. The topological polar surface area (TPSA) is 95.2 Å². The zero-order valence-electron chi connectivity index (χ0n) is 17.1. The molecule has 32 heavy (non-hydrogen) atoms. The number of nitrogens with zero attached hydrogens (tertiary/aromatic N) is 3. The molecule has 158 valence electrons. The Bertz CT molecular complexity index is 1370. The van der Waals surface area contributed by atoms with Crippen LogP contribution in [0.4, 0.5) is 15.8 Å². The third-order valence-electron chi connectivity index (χ3n) is 5.85. The lowest BCUT2D eigenvalue weighted by molar-refractivity contribution is 0.0926. The van der Waals surface area contributed by atoms with Gasteiger partial charge in [-0.05, 0) is 50.1 Å². The van der Waals surface area contributed by atoms with Crippen LogP contribution in [0.2, 0.25) is 0 Å². The Morgan fingerprint density at radius 2 is 1.81 bits per heavy atom. The monoisotopic (exact) mass is 428 g/mol. The average molecular weight is 428 g/mol. The third-order valence-corrected chi connectivity index (χ3v) is 5.85. The molecule has 0 unspecified atom stereocenters. The molecule has 3 heterocycles. The molecule has 0 bridgehead atoms. The van der Waals surface area contributed by atoms with Crippen molar-refractivity contribution in [2.45, 2.75) is 26.3 Å². The first-order chi connectivity index (χ1) is 15.4. The first kappa shape index (κ1) is 19.7. The maximum Gasteiger partial charge on any atom is 0.274 e. The van der Waals surface area contributed by atoms with Gasteiger partial charge in [-0.3, -0.25) is 14.4 Å². The van der Waals surface area contributed by atoms with E-state index in [9.17, 15) is 24.0 Å². The number of nitriles is 1. The van der Waals surface area contributed by atoms with Crippen LogP contribution in [-0.4, -0.2) is 22.3 Å². The van der Waals surface area contributed by atoms with Crippen molar-refractivity contribution < 1.29 is 18.8 Å². The zero-order valence-corrected chi connectivity index (χ0v) is 17.1. The fraction of sp³-hybridized carbons (Fsp3) is 0.167. The number of nitrogens with one attached hydrogen (secondary N) is 1. The van der Waals surface area contributed by atoms with Crippen LogP contribution >= 0.6 is 0 Å². The molecule has 0 saturated heterocycles. The Balaban J connectivity index is 1.66. The van der Waals surface area contributed by atoms with E-state index in [0.29, 0.717) is 24.3 Å². The summed E-state index contributed by atoms with van der Waals surface area (Å²) in [5.41, 5.74) is 2.28. The van der Waals surface area contributed by atoms with E-state index < -0.39 is 23.5 Å². The molecule has 0 fully saturated rings. The van der Waals surface area contributed by atoms with E-state index in [1.807, 2.05) is 19.1 Å². The van der Waals surface area contributed by atoms with Gasteiger partial charge in [0.15, 0.2) is 0 Å². The lowest BCUT2D eigenvalue weighted by Gasteiger charge is -2.17. The van der Waals surface area contributed by atoms with E-state index in [1.165, 1.54) is 6.07 Å². The van der Waals surface area contributed by atoms with Gasteiger partial charge in [0.25, 0.3) is 17.7 Å². The average Bonchev–Trinajstić information content (AvgIpc) is 3.41. The van der Waals surface area contributed by atoms with E-state index in [1.54, 1.807) is 16.7 Å². The molecule has 3 aromatic rings. The molecule has 5 rings (SSSR count). The molecule has 3 amide bonds. The number of rotatable bonds is 3. The number of carbonyl (C=O) groups is 3. The van der Waals surface area contributed by atoms with Crippen molar-refractivity contribution >= 4 is 29.1 Å². The molecular formula is C24H17FN4O3. The number of anilines is 2. The number of fused-ring (bicyclic) bond motifs is 2. The third kappa shape index (κ3) is 2.82. The zero-order chi connectivity index (χ0) is 22.6. The number of benzene rings is 2. The van der Waals surface area contributed by atoms with E-state index in [0.717, 1.165) is 29.0 Å². The van der Waals surface area contributed by atoms with Gasteiger partial charge in [0.1, 0.15) is 23.3 Å². The highest BCUT2D eigenvalue weighted by Crippen LogP contribution is 2.39. The SMILES string of the molecule is Cc1ccc(NC(=O)c2c(N3C(=O)c4ccc(F)cc4C3=O)c(C#N)c3n2CCC3)cc1. The van der Waals surface area contributed by atoms with Crippen molar-refractivity contribution in [2.75, 3.05) is 10.2 Å². The molecule has 2 aromatic carbocycles. The number of halogens is 1. The highest BCUT2D eigenvalue weighted by atomic mass is 19.1. The minimum Gasteiger partial charge on any atom is -0.337 e. The van der Waals surface area contributed by atoms with Gasteiger partial charge in [-0.25, -0.2) is 9.29 Å². The smallest absolute Gasteiger partial charge is 0.274 e. The van der Waals surface area contributed by atoms with Gasteiger partial charge in [-0.1, -0.05) is 17.7 Å². The molecule has 2 aliphatic rings. The highest BCUT2D eigenvalue weighted by Gasteiger charge is 2.43. The molecule has 0 spiro atoms. The number of imide groups is 1. The van der Waals surface area contributed by atoms with E-state index in [4.69, 9.17) is 0 Å². The van der Waals surface area contributed by atoms with Crippen LogP contribution in [0.15, 0.2) is 42.5 Å². The van der Waals surface area contributed by atoms with Crippen LogP contribution in [0.5, 0.6) is 0 Å². The molecule has 0 atom stereocenters. The van der Waals surface area contributed by atoms with Crippen molar-refractivity contribution in [1.29, 1.82) is 5.26 Å². The van der Waals surface area contributed by atoms with Crippen LogP contribution in [0.3, 0.4) is 0 Å². The second-order valence-corrected chi connectivity index (χ2v) is 7.84. The van der Waals surface area contributed by atoms with Crippen molar-refractivity contribution in [3.63, 3.8) is 0 Å². The summed E-state index contributed by atoms with van der Waals surface area (Å²) in [4.78, 5) is 40.4. The summed E-state index contributed by atoms with van der Waals surface area (Å²) in [6.07, 6.45) is 1.29. The summed E-state index contributed by atoms with van der Waals surface area (Å²) in [7, 11) is 0. The van der Waals surface area contributed by atoms with Gasteiger partial charge in [0.05, 0.1) is 16.7 Å². The quantitative estimate of drug-likeness (QED) is 0.642. The predicted octanol–water partition coefficient (Wildman–Crippen LogP) is 3.81. The molecule has 0 radical (unpaired) electrons. The molecular weight excluding hydrogens is 411 g/mol. The lowest BCUT2D eigenvalue weighted by atomic mass is 10.1. The van der Waals surface area contributed by atoms with Crippen LogP contribution in [0.1, 0.15) is 54.4 Å². The maximum atomic E-state index is 13.7. The van der Waals surface area contributed by atoms with Gasteiger partial charge in [0.2, 0.25) is 0 Å². The number of amides is 3. The number of carbonyl (C=O) groups excluding carboxylic acids is 3. The minimum atomic E-state index is -0.755. The van der Waals surface area contributed by atoms with Gasteiger partial charge in [-0.15, -0.1) is 0 Å². The van der Waals surface area contributed by atoms with Crippen LogP contribution in [-0.2, 0) is 13.0 Å². The summed E-state index contributed by atoms with van der Waals surface area (Å²) in [6, 6.07) is 12.6. The fourth-order valence-corrected chi connectivity index (χ4v) is 4.37. The number of aromatic nitrogens is 1. The highest BCUT2D eigenvalue weighted by molar-refractivity contribution is 6.36. The Morgan fingerprint density at radius 3 is 2.53 bits per heavy atom. The van der Waals surface area contributed by atoms with Crippen molar-refractivity contribution in [2.24, 2.45) is 0 Å². The van der Waals surface area contributed by atoms with Crippen LogP contribution in [0.25, 0.3) is 0 Å². The van der Waals surface area contributed by atoms with E-state index in [-0.39, 0.29) is 28.1 Å². The van der Waals surface area contributed by atoms with Gasteiger partial charge in [0, 0.05) is 17.9 Å². The Kier molecular flexibility index (Phi) is 4.41. The standard InChI is InChI=1S/C24H17FN4O3/c1-13-4-7-15(8-5-13)27-22(30)21-20(18(12-26)19-3-2-10-28(19)21)29-23(31)16-9-6-14(25)11-17(16)24(29)32/h4-9,11H,2-3,10H2,1H3,(H,27,30). The molecule has 0 aliphatic carbocycles. The number of hydrogen-bond acceptors (Lipinski definition) is 4. The second kappa shape index (κ2) is 7.17. The first-order valence-corrected chi connectivity index (χ1v) is 10.1. The number of hydrogen-bond donors (Lipinski definition) is 1. The van der Waals surface area contributed by atoms with Gasteiger partial charge in [-0.2, -0.15) is 5.26 Å². The van der Waals surface area contributed by atoms with Gasteiger partial charge < -0.3 is 9.88 Å². The Morgan fingerprint density at radius 1 is 1.09 bits per heavy atom. The van der Waals surface area contributed by atoms with Crippen molar-refractivity contribution in [3.05, 3.63) is 81.9 Å². The summed E-state index contributed by atoms with van der Waals surface area (Å²) in [5, 5.41) is 12.7. The van der Waals surface area contributed by atoms with Crippen LogP contribution in [0, 0.1) is 24.1 Å². The summed E-state index contributed by atoms with van der Waals surface area (Å²) in [6.45, 7) is 2.41. The van der Waals surface area contributed by atoms with Gasteiger partial charge >= 0.3 is 0 Å². The number of aryl methyl sites for hydroxylation is 1. The van der Waals surface area contributed by atoms with E-state index in [2.05, 4.69) is 11.4 Å². The predicted molar refractivity (Wildman–Crippen MR) is 114 cm³/mol. The van der Waals surface area contributed by atoms with Crippen molar-refractivity contribution in [3.8, 4) is 6.07 Å². The Labute approximate surface area is 182 Å². The molecule has 1 aromatic heterocycles. The summed E-state index contributed by atoms with van der Waals surface area (Å²) < 4.78 is 15.4. The molecule has 2 aliphatic heterocycles. The fourth-order valence-electron chi connectivity index (χ4n) is 4.37. The minimum absolute atomic E-state index is 0.0385. The largest absolute Gasteiger partial charge is 0.337 e. The molecule has 0 saturated carbocycles.